The number of pyridine rings is 1. The highest BCUT2D eigenvalue weighted by Gasteiger charge is 2.21. The molecule has 0 bridgehead atoms. The molecule has 0 radical (unpaired) electrons. The summed E-state index contributed by atoms with van der Waals surface area (Å²) in [5, 5.41) is 2.99. The molecule has 0 saturated heterocycles. The van der Waals surface area contributed by atoms with Crippen molar-refractivity contribution in [3.8, 4) is 0 Å². The molecule has 0 aliphatic heterocycles. The molecule has 2 atom stereocenters. The van der Waals surface area contributed by atoms with E-state index < -0.39 is 11.6 Å². The predicted molar refractivity (Wildman–Crippen MR) is 62.6 cm³/mol. The van der Waals surface area contributed by atoms with Gasteiger partial charge in [0, 0.05) is 18.2 Å². The minimum atomic E-state index is -0.668. The average molecular weight is 241 g/mol. The zero-order valence-electron chi connectivity index (χ0n) is 9.63. The van der Waals surface area contributed by atoms with Crippen molar-refractivity contribution in [2.75, 3.05) is 5.32 Å². The molecule has 1 saturated carbocycles. The Morgan fingerprint density at radius 2 is 2.00 bits per heavy atom. The molecule has 0 spiro atoms. The van der Waals surface area contributed by atoms with Crippen LogP contribution in [0.25, 0.3) is 0 Å². The van der Waals surface area contributed by atoms with E-state index in [0.717, 1.165) is 44.4 Å². The molecule has 1 aliphatic rings. The smallest absolute Gasteiger partial charge is 0.168 e. The van der Waals surface area contributed by atoms with Gasteiger partial charge in [0.05, 0.1) is 6.20 Å². The highest BCUT2D eigenvalue weighted by molar-refractivity contribution is 5.37. The van der Waals surface area contributed by atoms with Crippen molar-refractivity contribution in [2.45, 2.75) is 44.2 Å². The lowest BCUT2D eigenvalue weighted by atomic mass is 10.0. The van der Waals surface area contributed by atoms with E-state index in [0.29, 0.717) is 0 Å². The molecule has 1 aromatic heterocycles. The Morgan fingerprint density at radius 1 is 1.24 bits per heavy atom. The third-order valence-corrected chi connectivity index (χ3v) is 3.20. The summed E-state index contributed by atoms with van der Waals surface area (Å²) < 4.78 is 26.1. The van der Waals surface area contributed by atoms with Gasteiger partial charge in [-0.3, -0.25) is 0 Å². The second-order valence-corrected chi connectivity index (χ2v) is 4.54. The van der Waals surface area contributed by atoms with E-state index in [1.54, 1.807) is 0 Å². The highest BCUT2D eigenvalue weighted by Crippen LogP contribution is 2.21. The van der Waals surface area contributed by atoms with E-state index in [4.69, 9.17) is 5.73 Å². The summed E-state index contributed by atoms with van der Waals surface area (Å²) in [6, 6.07) is 0.853. The van der Waals surface area contributed by atoms with Gasteiger partial charge in [0.25, 0.3) is 0 Å². The summed E-state index contributed by atoms with van der Waals surface area (Å²) in [6.45, 7) is 0. The van der Waals surface area contributed by atoms with E-state index >= 15 is 0 Å². The standard InChI is InChI=1S/C12H17F2N3/c13-8-6-9(14)12(16-7-8)17-11-5-3-1-2-4-10(11)15/h6-7,10-11H,1-5,15H2,(H,16,17). The lowest BCUT2D eigenvalue weighted by Crippen LogP contribution is -2.39. The van der Waals surface area contributed by atoms with Gasteiger partial charge in [-0.05, 0) is 12.8 Å². The molecule has 3 N–H and O–H groups in total. The fourth-order valence-corrected chi connectivity index (χ4v) is 2.21. The Morgan fingerprint density at radius 3 is 2.76 bits per heavy atom. The van der Waals surface area contributed by atoms with Crippen molar-refractivity contribution in [2.24, 2.45) is 5.73 Å². The van der Waals surface area contributed by atoms with E-state index in [-0.39, 0.29) is 17.9 Å². The van der Waals surface area contributed by atoms with Crippen LogP contribution in [0.3, 0.4) is 0 Å². The number of anilines is 1. The molecular weight excluding hydrogens is 224 g/mol. The first-order valence-electron chi connectivity index (χ1n) is 6.00. The van der Waals surface area contributed by atoms with Crippen molar-refractivity contribution in [3.05, 3.63) is 23.9 Å². The van der Waals surface area contributed by atoms with Crippen LogP contribution in [0, 0.1) is 11.6 Å². The first kappa shape index (κ1) is 12.2. The van der Waals surface area contributed by atoms with Crippen molar-refractivity contribution < 1.29 is 8.78 Å². The molecular formula is C12H17F2N3. The lowest BCUT2D eigenvalue weighted by molar-refractivity contribution is 0.518. The zero-order valence-corrected chi connectivity index (χ0v) is 9.63. The van der Waals surface area contributed by atoms with Gasteiger partial charge >= 0.3 is 0 Å². The fraction of sp³-hybridized carbons (Fsp3) is 0.583. The number of rotatable bonds is 2. The summed E-state index contributed by atoms with van der Waals surface area (Å²) in [5.74, 6) is -1.24. The Balaban J connectivity index is 2.08. The third kappa shape index (κ3) is 3.12. The van der Waals surface area contributed by atoms with Crippen molar-refractivity contribution in [1.29, 1.82) is 0 Å². The molecule has 5 heteroatoms. The van der Waals surface area contributed by atoms with Gasteiger partial charge in [-0.15, -0.1) is 0 Å². The largest absolute Gasteiger partial charge is 0.363 e. The van der Waals surface area contributed by atoms with Crippen LogP contribution in [0.15, 0.2) is 12.3 Å². The minimum Gasteiger partial charge on any atom is -0.363 e. The second-order valence-electron chi connectivity index (χ2n) is 4.54. The number of hydrogen-bond acceptors (Lipinski definition) is 3. The molecule has 3 nitrogen and oxygen atoms in total. The highest BCUT2D eigenvalue weighted by atomic mass is 19.1. The van der Waals surface area contributed by atoms with Crippen LogP contribution in [0.4, 0.5) is 14.6 Å². The Hall–Kier alpha value is -1.23. The normalized spacial score (nSPS) is 25.4. The summed E-state index contributed by atoms with van der Waals surface area (Å²) in [6.07, 6.45) is 6.19. The van der Waals surface area contributed by atoms with E-state index in [2.05, 4.69) is 10.3 Å². The summed E-state index contributed by atoms with van der Waals surface area (Å²) in [5.41, 5.74) is 6.02. The van der Waals surface area contributed by atoms with Crippen LogP contribution in [0.5, 0.6) is 0 Å². The monoisotopic (exact) mass is 241 g/mol. The number of nitrogens with zero attached hydrogens (tertiary/aromatic N) is 1. The molecule has 1 aromatic rings. The number of aromatic nitrogens is 1. The van der Waals surface area contributed by atoms with Crippen LogP contribution in [0.1, 0.15) is 32.1 Å². The maximum Gasteiger partial charge on any atom is 0.168 e. The van der Waals surface area contributed by atoms with Gasteiger partial charge in [-0.25, -0.2) is 13.8 Å². The summed E-state index contributed by atoms with van der Waals surface area (Å²) in [7, 11) is 0. The lowest BCUT2D eigenvalue weighted by Gasteiger charge is -2.23. The molecule has 94 valence electrons. The van der Waals surface area contributed by atoms with E-state index in [1.807, 2.05) is 0 Å². The zero-order chi connectivity index (χ0) is 12.3. The summed E-state index contributed by atoms with van der Waals surface area (Å²) >= 11 is 0. The summed E-state index contributed by atoms with van der Waals surface area (Å²) in [4.78, 5) is 3.72. The molecule has 0 amide bonds. The van der Waals surface area contributed by atoms with Gasteiger partial charge in [-0.1, -0.05) is 19.3 Å². The quantitative estimate of drug-likeness (QED) is 0.782. The molecule has 17 heavy (non-hydrogen) atoms. The first-order chi connectivity index (χ1) is 8.16. The van der Waals surface area contributed by atoms with Crippen molar-refractivity contribution in [3.63, 3.8) is 0 Å². The average Bonchev–Trinajstić information content (AvgIpc) is 2.48. The van der Waals surface area contributed by atoms with Gasteiger partial charge in [-0.2, -0.15) is 0 Å². The van der Waals surface area contributed by atoms with Crippen molar-refractivity contribution >= 4 is 5.82 Å². The number of nitrogens with one attached hydrogen (secondary N) is 1. The molecule has 1 aliphatic carbocycles. The van der Waals surface area contributed by atoms with Crippen LogP contribution in [-0.2, 0) is 0 Å². The molecule has 2 unspecified atom stereocenters. The Kier molecular flexibility index (Phi) is 3.89. The number of halogens is 2. The van der Waals surface area contributed by atoms with Gasteiger partial charge < -0.3 is 11.1 Å². The van der Waals surface area contributed by atoms with Crippen LogP contribution < -0.4 is 11.1 Å². The van der Waals surface area contributed by atoms with Gasteiger partial charge in [0.1, 0.15) is 5.82 Å². The van der Waals surface area contributed by atoms with E-state index in [1.165, 1.54) is 0 Å². The maximum absolute atomic E-state index is 13.4. The number of hydrogen-bond donors (Lipinski definition) is 2. The Labute approximate surface area is 99.4 Å². The van der Waals surface area contributed by atoms with Gasteiger partial charge in [0.2, 0.25) is 0 Å². The Bertz CT molecular complexity index is 384. The van der Waals surface area contributed by atoms with Gasteiger partial charge in [0.15, 0.2) is 11.6 Å². The first-order valence-corrected chi connectivity index (χ1v) is 6.00. The minimum absolute atomic E-state index is 0.00348. The third-order valence-electron chi connectivity index (χ3n) is 3.20. The SMILES string of the molecule is NC1CCCCCC1Nc1ncc(F)cc1F. The number of nitrogens with two attached hydrogens (primary N) is 1. The molecule has 1 heterocycles. The van der Waals surface area contributed by atoms with Crippen LogP contribution in [-0.4, -0.2) is 17.1 Å². The molecule has 1 fully saturated rings. The molecule has 2 rings (SSSR count). The fourth-order valence-electron chi connectivity index (χ4n) is 2.21. The topological polar surface area (TPSA) is 50.9 Å². The maximum atomic E-state index is 13.4. The van der Waals surface area contributed by atoms with Crippen LogP contribution >= 0.6 is 0 Å². The van der Waals surface area contributed by atoms with E-state index in [9.17, 15) is 8.78 Å². The second kappa shape index (κ2) is 5.40. The van der Waals surface area contributed by atoms with Crippen molar-refractivity contribution in [1.82, 2.24) is 4.98 Å². The van der Waals surface area contributed by atoms with Crippen LogP contribution in [0.2, 0.25) is 0 Å². The predicted octanol–water partition coefficient (Wildman–Crippen LogP) is 2.43. The molecule has 0 aromatic carbocycles.